The number of amides is 2. The molecule has 0 aromatic heterocycles. The molecule has 5 heteroatoms. The Bertz CT molecular complexity index is 484. The molecule has 102 valence electrons. The highest BCUT2D eigenvalue weighted by atomic mass is 16.5. The quantitative estimate of drug-likeness (QED) is 0.800. The van der Waals surface area contributed by atoms with Crippen LogP contribution in [0.1, 0.15) is 17.5 Å². The first-order chi connectivity index (χ1) is 9.22. The van der Waals surface area contributed by atoms with Gasteiger partial charge in [-0.1, -0.05) is 6.07 Å². The lowest BCUT2D eigenvalue weighted by Gasteiger charge is -2.30. The van der Waals surface area contributed by atoms with E-state index in [4.69, 9.17) is 4.74 Å². The Balaban J connectivity index is 1.65. The van der Waals surface area contributed by atoms with Gasteiger partial charge in [0.1, 0.15) is 5.75 Å². The number of benzene rings is 1. The first-order valence-corrected chi connectivity index (χ1v) is 6.66. The van der Waals surface area contributed by atoms with Gasteiger partial charge in [0.25, 0.3) is 0 Å². The van der Waals surface area contributed by atoms with E-state index in [-0.39, 0.29) is 17.8 Å². The minimum Gasteiger partial charge on any atom is -0.508 e. The maximum Gasteiger partial charge on any atom is 0.318 e. The van der Waals surface area contributed by atoms with Gasteiger partial charge in [-0.2, -0.15) is 0 Å². The number of rotatable bonds is 1. The molecular formula is C14H18N2O3. The SMILES string of the molecule is O=C(NC1CCOC1)N1CCc2ccc(O)cc2C1. The molecule has 0 bridgehead atoms. The van der Waals surface area contributed by atoms with E-state index in [0.717, 1.165) is 31.6 Å². The van der Waals surface area contributed by atoms with E-state index in [1.807, 2.05) is 6.07 Å². The fourth-order valence-corrected chi connectivity index (χ4v) is 2.63. The summed E-state index contributed by atoms with van der Waals surface area (Å²) in [6.45, 7) is 2.61. The maximum absolute atomic E-state index is 12.1. The molecule has 1 unspecified atom stereocenters. The lowest BCUT2D eigenvalue weighted by molar-refractivity contribution is 0.175. The van der Waals surface area contributed by atoms with Gasteiger partial charge in [-0.05, 0) is 36.1 Å². The number of aromatic hydroxyl groups is 1. The molecule has 2 heterocycles. The summed E-state index contributed by atoms with van der Waals surface area (Å²) in [5.74, 6) is 0.255. The summed E-state index contributed by atoms with van der Waals surface area (Å²) in [5.41, 5.74) is 2.25. The molecule has 1 saturated heterocycles. The van der Waals surface area contributed by atoms with Crippen LogP contribution in [0, 0.1) is 0 Å². The Morgan fingerprint density at radius 3 is 3.11 bits per heavy atom. The predicted octanol–water partition coefficient (Wildman–Crippen LogP) is 1.25. The van der Waals surface area contributed by atoms with Crippen molar-refractivity contribution < 1.29 is 14.6 Å². The number of hydrogen-bond donors (Lipinski definition) is 2. The van der Waals surface area contributed by atoms with E-state index < -0.39 is 0 Å². The van der Waals surface area contributed by atoms with Crippen molar-refractivity contribution >= 4 is 6.03 Å². The molecule has 2 aliphatic heterocycles. The first-order valence-electron chi connectivity index (χ1n) is 6.66. The van der Waals surface area contributed by atoms with Crippen LogP contribution in [0.5, 0.6) is 5.75 Å². The number of urea groups is 1. The van der Waals surface area contributed by atoms with Crippen molar-refractivity contribution in [3.63, 3.8) is 0 Å². The van der Waals surface area contributed by atoms with Crippen LogP contribution < -0.4 is 5.32 Å². The first kappa shape index (κ1) is 12.3. The molecule has 0 saturated carbocycles. The number of nitrogens with zero attached hydrogens (tertiary/aromatic N) is 1. The summed E-state index contributed by atoms with van der Waals surface area (Å²) in [5, 5.41) is 12.5. The van der Waals surface area contributed by atoms with Gasteiger partial charge in [0.05, 0.1) is 12.6 Å². The highest BCUT2D eigenvalue weighted by molar-refractivity contribution is 5.75. The van der Waals surface area contributed by atoms with Crippen LogP contribution in [-0.4, -0.2) is 41.8 Å². The van der Waals surface area contributed by atoms with Crippen LogP contribution >= 0.6 is 0 Å². The molecule has 0 radical (unpaired) electrons. The Hall–Kier alpha value is -1.75. The number of nitrogens with one attached hydrogen (secondary N) is 1. The second-order valence-corrected chi connectivity index (χ2v) is 5.13. The molecule has 2 amide bonds. The fraction of sp³-hybridized carbons (Fsp3) is 0.500. The third-order valence-corrected chi connectivity index (χ3v) is 3.75. The number of carbonyl (C=O) groups excluding carboxylic acids is 1. The molecule has 0 spiro atoms. The second-order valence-electron chi connectivity index (χ2n) is 5.13. The van der Waals surface area contributed by atoms with E-state index in [1.54, 1.807) is 17.0 Å². The summed E-state index contributed by atoms with van der Waals surface area (Å²) in [7, 11) is 0. The van der Waals surface area contributed by atoms with Crippen molar-refractivity contribution in [1.29, 1.82) is 0 Å². The van der Waals surface area contributed by atoms with Crippen molar-refractivity contribution in [2.45, 2.75) is 25.4 Å². The minimum absolute atomic E-state index is 0.0375. The zero-order chi connectivity index (χ0) is 13.2. The second kappa shape index (κ2) is 5.09. The van der Waals surface area contributed by atoms with Gasteiger partial charge in [0.2, 0.25) is 0 Å². The molecule has 2 aliphatic rings. The van der Waals surface area contributed by atoms with Gasteiger partial charge < -0.3 is 20.1 Å². The van der Waals surface area contributed by atoms with Crippen LogP contribution in [0.15, 0.2) is 18.2 Å². The smallest absolute Gasteiger partial charge is 0.318 e. The van der Waals surface area contributed by atoms with Gasteiger partial charge in [-0.3, -0.25) is 0 Å². The van der Waals surface area contributed by atoms with Crippen LogP contribution in [0.3, 0.4) is 0 Å². The molecular weight excluding hydrogens is 244 g/mol. The van der Waals surface area contributed by atoms with Gasteiger partial charge in [-0.15, -0.1) is 0 Å². The van der Waals surface area contributed by atoms with Gasteiger partial charge >= 0.3 is 6.03 Å². The van der Waals surface area contributed by atoms with E-state index in [9.17, 15) is 9.90 Å². The Labute approximate surface area is 112 Å². The van der Waals surface area contributed by atoms with Crippen LogP contribution in [-0.2, 0) is 17.7 Å². The predicted molar refractivity (Wildman–Crippen MR) is 70.0 cm³/mol. The topological polar surface area (TPSA) is 61.8 Å². The van der Waals surface area contributed by atoms with E-state index in [1.165, 1.54) is 5.56 Å². The number of phenolic OH excluding ortho intramolecular Hbond substituents is 1. The lowest BCUT2D eigenvalue weighted by Crippen LogP contribution is -2.46. The van der Waals surface area contributed by atoms with Crippen LogP contribution in [0.4, 0.5) is 4.79 Å². The monoisotopic (exact) mass is 262 g/mol. The van der Waals surface area contributed by atoms with Crippen molar-refractivity contribution in [3.8, 4) is 5.75 Å². The van der Waals surface area contributed by atoms with Crippen molar-refractivity contribution in [2.75, 3.05) is 19.8 Å². The van der Waals surface area contributed by atoms with Gasteiger partial charge in [0.15, 0.2) is 0 Å². The minimum atomic E-state index is -0.0375. The zero-order valence-electron chi connectivity index (χ0n) is 10.8. The summed E-state index contributed by atoms with van der Waals surface area (Å²) in [6.07, 6.45) is 1.72. The third-order valence-electron chi connectivity index (χ3n) is 3.75. The van der Waals surface area contributed by atoms with Crippen LogP contribution in [0.25, 0.3) is 0 Å². The fourth-order valence-electron chi connectivity index (χ4n) is 2.63. The summed E-state index contributed by atoms with van der Waals surface area (Å²) >= 11 is 0. The Morgan fingerprint density at radius 2 is 2.32 bits per heavy atom. The third kappa shape index (κ3) is 2.66. The number of ether oxygens (including phenoxy) is 1. The number of fused-ring (bicyclic) bond motifs is 1. The average Bonchev–Trinajstić information content (AvgIpc) is 2.90. The van der Waals surface area contributed by atoms with Gasteiger partial charge in [-0.25, -0.2) is 4.79 Å². The standard InChI is InChI=1S/C14H18N2O3/c17-13-2-1-10-3-5-16(8-11(10)7-13)14(18)15-12-4-6-19-9-12/h1-2,7,12,17H,3-6,8-9H2,(H,15,18). The van der Waals surface area contributed by atoms with E-state index >= 15 is 0 Å². The molecule has 19 heavy (non-hydrogen) atoms. The molecule has 1 fully saturated rings. The normalized spacial score (nSPS) is 22.1. The molecule has 2 N–H and O–H groups in total. The molecule has 0 aliphatic carbocycles. The molecule has 5 nitrogen and oxygen atoms in total. The van der Waals surface area contributed by atoms with Crippen LogP contribution in [0.2, 0.25) is 0 Å². The highest BCUT2D eigenvalue weighted by Gasteiger charge is 2.24. The van der Waals surface area contributed by atoms with Crippen molar-refractivity contribution in [1.82, 2.24) is 10.2 Å². The van der Waals surface area contributed by atoms with Crippen molar-refractivity contribution in [2.24, 2.45) is 0 Å². The lowest BCUT2D eigenvalue weighted by atomic mass is 10.00. The highest BCUT2D eigenvalue weighted by Crippen LogP contribution is 2.23. The average molecular weight is 262 g/mol. The summed E-state index contributed by atoms with van der Waals surface area (Å²) in [4.78, 5) is 13.9. The molecule has 3 rings (SSSR count). The van der Waals surface area contributed by atoms with Crippen molar-refractivity contribution in [3.05, 3.63) is 29.3 Å². The Morgan fingerprint density at radius 1 is 1.42 bits per heavy atom. The Kier molecular flexibility index (Phi) is 3.29. The van der Waals surface area contributed by atoms with E-state index in [2.05, 4.69) is 5.32 Å². The summed E-state index contributed by atoms with van der Waals surface area (Å²) < 4.78 is 5.25. The van der Waals surface area contributed by atoms with E-state index in [0.29, 0.717) is 13.2 Å². The van der Waals surface area contributed by atoms with Gasteiger partial charge in [0, 0.05) is 19.7 Å². The largest absolute Gasteiger partial charge is 0.508 e. The summed E-state index contributed by atoms with van der Waals surface area (Å²) in [6, 6.07) is 5.48. The maximum atomic E-state index is 12.1. The number of hydrogen-bond acceptors (Lipinski definition) is 3. The number of carbonyl (C=O) groups is 1. The molecule has 1 aromatic carbocycles. The molecule has 1 atom stereocenters. The zero-order valence-corrected chi connectivity index (χ0v) is 10.8. The molecule has 1 aromatic rings. The number of phenols is 1.